The summed E-state index contributed by atoms with van der Waals surface area (Å²) >= 11 is 3.60. The SMILES string of the molecule is C[B]C1(Br)CC1C. The number of hydrogen-bond donors (Lipinski definition) is 0. The molecule has 2 atom stereocenters. The van der Waals surface area contributed by atoms with Gasteiger partial charge in [-0.3, -0.25) is 0 Å². The zero-order chi connectivity index (χ0) is 5.49. The lowest BCUT2D eigenvalue weighted by molar-refractivity contribution is 0.968. The fourth-order valence-corrected chi connectivity index (χ4v) is 1.30. The quantitative estimate of drug-likeness (QED) is 0.405. The van der Waals surface area contributed by atoms with Crippen LogP contribution in [-0.2, 0) is 0 Å². The molecule has 1 fully saturated rings. The normalized spacial score (nSPS) is 48.7. The molecule has 0 aromatic heterocycles. The van der Waals surface area contributed by atoms with Gasteiger partial charge in [-0.25, -0.2) is 0 Å². The summed E-state index contributed by atoms with van der Waals surface area (Å²) in [5.74, 6) is 0.873. The molecule has 39 valence electrons. The van der Waals surface area contributed by atoms with Gasteiger partial charge in [-0.05, 0) is 16.6 Å². The maximum atomic E-state index is 3.60. The van der Waals surface area contributed by atoms with Crippen molar-refractivity contribution in [2.45, 2.75) is 24.4 Å². The zero-order valence-electron chi connectivity index (χ0n) is 4.74. The van der Waals surface area contributed by atoms with E-state index < -0.39 is 0 Å². The zero-order valence-corrected chi connectivity index (χ0v) is 6.33. The number of alkyl halides is 1. The molecule has 0 aromatic rings. The first-order chi connectivity index (χ1) is 3.19. The van der Waals surface area contributed by atoms with Crippen molar-refractivity contribution in [3.8, 4) is 0 Å². The van der Waals surface area contributed by atoms with Gasteiger partial charge in [-0.1, -0.05) is 29.7 Å². The standard InChI is InChI=1S/C5H9BBr/c1-4-3-5(4,7)6-2/h4H,3H2,1-2H3. The molecule has 1 aliphatic rings. The second-order valence-corrected chi connectivity index (χ2v) is 3.80. The molecule has 1 radical (unpaired) electrons. The molecular weight excluding hydrogens is 151 g/mol. The summed E-state index contributed by atoms with van der Waals surface area (Å²) in [5, 5.41) is 0. The summed E-state index contributed by atoms with van der Waals surface area (Å²) in [6, 6.07) is 0. The Morgan fingerprint density at radius 2 is 2.29 bits per heavy atom. The van der Waals surface area contributed by atoms with Crippen LogP contribution in [0.25, 0.3) is 0 Å². The predicted molar refractivity (Wildman–Crippen MR) is 37.1 cm³/mol. The molecule has 0 bridgehead atoms. The summed E-state index contributed by atoms with van der Waals surface area (Å²) in [4.78, 5) is 0. The van der Waals surface area contributed by atoms with E-state index in [0.717, 1.165) is 5.92 Å². The molecule has 7 heavy (non-hydrogen) atoms. The van der Waals surface area contributed by atoms with Crippen molar-refractivity contribution < 1.29 is 0 Å². The van der Waals surface area contributed by atoms with Gasteiger partial charge in [0.1, 0.15) is 7.28 Å². The molecule has 0 N–H and O–H groups in total. The second kappa shape index (κ2) is 1.51. The summed E-state index contributed by atoms with van der Waals surface area (Å²) < 4.78 is 0.438. The highest BCUT2D eigenvalue weighted by molar-refractivity contribution is 9.10. The van der Waals surface area contributed by atoms with Crippen LogP contribution < -0.4 is 0 Å². The first kappa shape index (κ1) is 5.68. The average molecular weight is 160 g/mol. The highest BCUT2D eigenvalue weighted by Crippen LogP contribution is 2.49. The third-order valence-corrected chi connectivity index (χ3v) is 3.32. The number of halogens is 1. The van der Waals surface area contributed by atoms with E-state index in [9.17, 15) is 0 Å². The Morgan fingerprint density at radius 3 is 2.29 bits per heavy atom. The van der Waals surface area contributed by atoms with Gasteiger partial charge in [0.05, 0.1) is 0 Å². The van der Waals surface area contributed by atoms with Crippen molar-refractivity contribution in [3.05, 3.63) is 0 Å². The second-order valence-electron chi connectivity index (χ2n) is 2.32. The van der Waals surface area contributed by atoms with Crippen molar-refractivity contribution in [2.24, 2.45) is 5.92 Å². The molecule has 0 nitrogen and oxygen atoms in total. The summed E-state index contributed by atoms with van der Waals surface area (Å²) in [7, 11) is 2.23. The first-order valence-electron chi connectivity index (χ1n) is 2.68. The van der Waals surface area contributed by atoms with Crippen molar-refractivity contribution >= 4 is 23.2 Å². The van der Waals surface area contributed by atoms with E-state index in [-0.39, 0.29) is 0 Å². The minimum absolute atomic E-state index is 0.438. The Morgan fingerprint density at radius 1 is 1.86 bits per heavy atom. The molecule has 2 heteroatoms. The smallest absolute Gasteiger partial charge is 0.0949 e. The van der Waals surface area contributed by atoms with Crippen LogP contribution in [0.2, 0.25) is 6.82 Å². The van der Waals surface area contributed by atoms with Crippen LogP contribution in [-0.4, -0.2) is 11.5 Å². The van der Waals surface area contributed by atoms with E-state index in [4.69, 9.17) is 0 Å². The third kappa shape index (κ3) is 0.859. The molecule has 0 spiro atoms. The minimum Gasteiger partial charge on any atom is -0.0949 e. The van der Waals surface area contributed by atoms with Gasteiger partial charge in [0.15, 0.2) is 0 Å². The van der Waals surface area contributed by atoms with Crippen LogP contribution in [0.3, 0.4) is 0 Å². The van der Waals surface area contributed by atoms with Gasteiger partial charge in [0.25, 0.3) is 0 Å². The van der Waals surface area contributed by atoms with Gasteiger partial charge >= 0.3 is 0 Å². The monoisotopic (exact) mass is 159 g/mol. The van der Waals surface area contributed by atoms with E-state index in [1.54, 1.807) is 0 Å². The van der Waals surface area contributed by atoms with Crippen LogP contribution in [0.15, 0.2) is 0 Å². The lowest BCUT2D eigenvalue weighted by atomic mass is 9.74. The Kier molecular flexibility index (Phi) is 1.22. The topological polar surface area (TPSA) is 0 Å². The predicted octanol–water partition coefficient (Wildman–Crippen LogP) is 1.87. The lowest BCUT2D eigenvalue weighted by Gasteiger charge is -1.96. The van der Waals surface area contributed by atoms with Crippen molar-refractivity contribution in [1.29, 1.82) is 0 Å². The Hall–Kier alpha value is 0.545. The van der Waals surface area contributed by atoms with Gasteiger partial charge in [0.2, 0.25) is 0 Å². The van der Waals surface area contributed by atoms with Gasteiger partial charge in [-0.15, -0.1) is 0 Å². The maximum Gasteiger partial charge on any atom is 0.129 e. The molecule has 0 heterocycles. The van der Waals surface area contributed by atoms with Crippen LogP contribution in [0, 0.1) is 5.92 Å². The van der Waals surface area contributed by atoms with Crippen molar-refractivity contribution in [1.82, 2.24) is 0 Å². The largest absolute Gasteiger partial charge is 0.129 e. The van der Waals surface area contributed by atoms with Gasteiger partial charge in [0, 0.05) is 0 Å². The van der Waals surface area contributed by atoms with Crippen LogP contribution in [0.4, 0.5) is 0 Å². The van der Waals surface area contributed by atoms with E-state index in [1.807, 2.05) is 0 Å². The van der Waals surface area contributed by atoms with E-state index in [1.165, 1.54) is 6.42 Å². The molecule has 0 saturated heterocycles. The molecule has 0 aromatic carbocycles. The fraction of sp³-hybridized carbons (Fsp3) is 1.00. The Balaban J connectivity index is 2.36. The third-order valence-electron chi connectivity index (χ3n) is 1.76. The van der Waals surface area contributed by atoms with E-state index in [0.29, 0.717) is 4.22 Å². The fourth-order valence-electron chi connectivity index (χ4n) is 0.813. The van der Waals surface area contributed by atoms with Crippen LogP contribution in [0.1, 0.15) is 13.3 Å². The molecular formula is C5H9BBr. The van der Waals surface area contributed by atoms with Crippen molar-refractivity contribution in [2.75, 3.05) is 0 Å². The lowest BCUT2D eigenvalue weighted by Crippen LogP contribution is -2.06. The Bertz CT molecular complexity index is 80.1. The molecule has 0 aliphatic heterocycles. The summed E-state index contributed by atoms with van der Waals surface area (Å²) in [5.41, 5.74) is 0. The van der Waals surface area contributed by atoms with Gasteiger partial charge < -0.3 is 0 Å². The van der Waals surface area contributed by atoms with E-state index >= 15 is 0 Å². The average Bonchev–Trinajstić information content (AvgIpc) is 2.18. The number of rotatable bonds is 1. The molecule has 2 unspecified atom stereocenters. The molecule has 1 rings (SSSR count). The minimum atomic E-state index is 0.438. The first-order valence-corrected chi connectivity index (χ1v) is 3.48. The maximum absolute atomic E-state index is 3.60. The summed E-state index contributed by atoms with van der Waals surface area (Å²) in [6.45, 7) is 4.37. The van der Waals surface area contributed by atoms with Crippen molar-refractivity contribution in [3.63, 3.8) is 0 Å². The summed E-state index contributed by atoms with van der Waals surface area (Å²) in [6.07, 6.45) is 1.32. The van der Waals surface area contributed by atoms with Gasteiger partial charge in [-0.2, -0.15) is 0 Å². The number of hydrogen-bond acceptors (Lipinski definition) is 0. The van der Waals surface area contributed by atoms with Crippen LogP contribution >= 0.6 is 15.9 Å². The highest BCUT2D eigenvalue weighted by atomic mass is 79.9. The van der Waals surface area contributed by atoms with E-state index in [2.05, 4.69) is 37.0 Å². The molecule has 1 saturated carbocycles. The van der Waals surface area contributed by atoms with Crippen LogP contribution in [0.5, 0.6) is 0 Å². The molecule has 0 amide bonds. The molecule has 1 aliphatic carbocycles. The highest BCUT2D eigenvalue weighted by Gasteiger charge is 2.46. The Labute approximate surface area is 54.0 Å².